The highest BCUT2D eigenvalue weighted by Gasteiger charge is 2.22. The molecule has 0 aliphatic carbocycles. The average molecular weight is 279 g/mol. The third-order valence-electron chi connectivity index (χ3n) is 3.42. The maximum atomic E-state index is 12.1. The van der Waals surface area contributed by atoms with E-state index in [1.165, 1.54) is 0 Å². The van der Waals surface area contributed by atoms with Crippen molar-refractivity contribution in [2.75, 3.05) is 45.0 Å². The molecule has 1 aliphatic rings. The van der Waals surface area contributed by atoms with Crippen molar-refractivity contribution in [3.8, 4) is 5.75 Å². The summed E-state index contributed by atoms with van der Waals surface area (Å²) in [6.45, 7) is 1.76. The molecule has 3 N–H and O–H groups in total. The van der Waals surface area contributed by atoms with Crippen LogP contribution in [-0.4, -0.2) is 50.8 Å². The second-order valence-corrected chi connectivity index (χ2v) is 4.94. The lowest BCUT2D eigenvalue weighted by Gasteiger charge is -2.22. The Balaban J connectivity index is 1.95. The highest BCUT2D eigenvalue weighted by molar-refractivity contribution is 5.94. The van der Waals surface area contributed by atoms with Crippen molar-refractivity contribution in [3.05, 3.63) is 18.2 Å². The van der Waals surface area contributed by atoms with E-state index in [1.807, 2.05) is 11.9 Å². The number of rotatable bonds is 5. The van der Waals surface area contributed by atoms with Crippen molar-refractivity contribution in [3.63, 3.8) is 0 Å². The van der Waals surface area contributed by atoms with Gasteiger partial charge in [-0.3, -0.25) is 9.69 Å². The number of nitrogen functional groups attached to an aromatic ring is 1. The van der Waals surface area contributed by atoms with Gasteiger partial charge < -0.3 is 20.5 Å². The second-order valence-electron chi connectivity index (χ2n) is 4.94. The second kappa shape index (κ2) is 6.58. The van der Waals surface area contributed by atoms with Gasteiger partial charge in [-0.25, -0.2) is 0 Å². The van der Waals surface area contributed by atoms with Gasteiger partial charge in [0.15, 0.2) is 0 Å². The van der Waals surface area contributed by atoms with Gasteiger partial charge in [0.05, 0.1) is 25.9 Å². The molecule has 0 spiro atoms. The normalized spacial score (nSPS) is 18.2. The zero-order valence-electron chi connectivity index (χ0n) is 11.9. The fraction of sp³-hybridized carbons (Fsp3) is 0.500. The molecule has 6 nitrogen and oxygen atoms in total. The molecule has 0 radical (unpaired) electrons. The lowest BCUT2D eigenvalue weighted by molar-refractivity contribution is -0.117. The van der Waals surface area contributed by atoms with Crippen LogP contribution in [0.15, 0.2) is 18.2 Å². The number of methoxy groups -OCH3 is 1. The minimum absolute atomic E-state index is 0.0942. The van der Waals surface area contributed by atoms with Gasteiger partial charge in [-0.05, 0) is 31.7 Å². The molecular formula is C14H21N3O3. The molecule has 1 fully saturated rings. The summed E-state index contributed by atoms with van der Waals surface area (Å²) in [6.07, 6.45) is 0.964. The number of hydrogen-bond acceptors (Lipinski definition) is 5. The summed E-state index contributed by atoms with van der Waals surface area (Å²) in [5, 5.41) is 2.83. The number of carbonyl (C=O) groups is 1. The molecule has 1 unspecified atom stereocenters. The van der Waals surface area contributed by atoms with Crippen LogP contribution < -0.4 is 15.8 Å². The molecule has 20 heavy (non-hydrogen) atoms. The molecule has 6 heteroatoms. The Bertz CT molecular complexity index is 473. The van der Waals surface area contributed by atoms with Gasteiger partial charge in [0.1, 0.15) is 5.75 Å². The monoisotopic (exact) mass is 279 g/mol. The predicted octanol–water partition coefficient (Wildman–Crippen LogP) is 0.937. The van der Waals surface area contributed by atoms with Gasteiger partial charge >= 0.3 is 0 Å². The summed E-state index contributed by atoms with van der Waals surface area (Å²) in [5.74, 6) is 0.503. The Kier molecular flexibility index (Phi) is 4.81. The molecule has 1 aromatic rings. The molecule has 1 aliphatic heterocycles. The lowest BCUT2D eigenvalue weighted by Crippen LogP contribution is -2.38. The zero-order chi connectivity index (χ0) is 14.5. The van der Waals surface area contributed by atoms with Gasteiger partial charge in [-0.1, -0.05) is 0 Å². The van der Waals surface area contributed by atoms with E-state index >= 15 is 0 Å². The fourth-order valence-electron chi connectivity index (χ4n) is 2.24. The van der Waals surface area contributed by atoms with E-state index in [1.54, 1.807) is 25.3 Å². The number of amides is 1. The maximum absolute atomic E-state index is 12.1. The Morgan fingerprint density at radius 3 is 3.05 bits per heavy atom. The summed E-state index contributed by atoms with van der Waals surface area (Å²) in [4.78, 5) is 14.1. The highest BCUT2D eigenvalue weighted by atomic mass is 16.5. The Hall–Kier alpha value is -1.79. The van der Waals surface area contributed by atoms with Crippen molar-refractivity contribution < 1.29 is 14.3 Å². The predicted molar refractivity (Wildman–Crippen MR) is 77.9 cm³/mol. The zero-order valence-corrected chi connectivity index (χ0v) is 11.9. The van der Waals surface area contributed by atoms with Crippen LogP contribution in [0.1, 0.15) is 6.42 Å². The number of nitrogens with two attached hydrogens (primary N) is 1. The van der Waals surface area contributed by atoms with Crippen LogP contribution in [0.25, 0.3) is 0 Å². The number of benzene rings is 1. The topological polar surface area (TPSA) is 76.8 Å². The average Bonchev–Trinajstić information content (AvgIpc) is 2.92. The summed E-state index contributed by atoms with van der Waals surface area (Å²) >= 11 is 0. The van der Waals surface area contributed by atoms with Gasteiger partial charge in [-0.2, -0.15) is 0 Å². The van der Waals surface area contributed by atoms with E-state index in [0.29, 0.717) is 36.3 Å². The fourth-order valence-corrected chi connectivity index (χ4v) is 2.24. The van der Waals surface area contributed by atoms with Crippen molar-refractivity contribution >= 4 is 17.3 Å². The first kappa shape index (κ1) is 14.6. The number of nitrogens with one attached hydrogen (secondary N) is 1. The van der Waals surface area contributed by atoms with E-state index in [9.17, 15) is 4.79 Å². The first-order valence-electron chi connectivity index (χ1n) is 6.61. The van der Waals surface area contributed by atoms with Gasteiger partial charge in [0, 0.05) is 18.3 Å². The molecule has 1 aromatic carbocycles. The van der Waals surface area contributed by atoms with E-state index in [0.717, 1.165) is 13.0 Å². The number of hydrogen-bond donors (Lipinski definition) is 2. The standard InChI is InChI=1S/C14H21N3O3/c1-17(11-5-6-20-9-11)8-14(18)16-12-7-10(15)3-4-13(12)19-2/h3-4,7,11H,5-6,8-9,15H2,1-2H3,(H,16,18). The summed E-state index contributed by atoms with van der Waals surface area (Å²) < 4.78 is 10.5. The first-order chi connectivity index (χ1) is 9.60. The number of likely N-dealkylation sites (N-methyl/N-ethyl adjacent to an activating group) is 1. The van der Waals surface area contributed by atoms with Crippen LogP contribution in [0.4, 0.5) is 11.4 Å². The van der Waals surface area contributed by atoms with Gasteiger partial charge in [0.25, 0.3) is 0 Å². The molecule has 1 atom stereocenters. The third-order valence-corrected chi connectivity index (χ3v) is 3.42. The van der Waals surface area contributed by atoms with Crippen LogP contribution in [0.3, 0.4) is 0 Å². The minimum Gasteiger partial charge on any atom is -0.495 e. The van der Waals surface area contributed by atoms with E-state index in [-0.39, 0.29) is 5.91 Å². The van der Waals surface area contributed by atoms with Gasteiger partial charge in [-0.15, -0.1) is 0 Å². The molecule has 1 amide bonds. The maximum Gasteiger partial charge on any atom is 0.238 e. The van der Waals surface area contributed by atoms with E-state index in [4.69, 9.17) is 15.2 Å². The Morgan fingerprint density at radius 1 is 1.60 bits per heavy atom. The van der Waals surface area contributed by atoms with Gasteiger partial charge in [0.2, 0.25) is 5.91 Å². The van der Waals surface area contributed by atoms with Crippen LogP contribution in [0, 0.1) is 0 Å². The molecule has 0 bridgehead atoms. The molecule has 1 heterocycles. The largest absolute Gasteiger partial charge is 0.495 e. The first-order valence-corrected chi connectivity index (χ1v) is 6.61. The van der Waals surface area contributed by atoms with Crippen molar-refractivity contribution in [2.45, 2.75) is 12.5 Å². The SMILES string of the molecule is COc1ccc(N)cc1NC(=O)CN(C)C1CCOC1. The van der Waals surface area contributed by atoms with Crippen molar-refractivity contribution in [2.24, 2.45) is 0 Å². The Labute approximate surface area is 118 Å². The summed E-state index contributed by atoms with van der Waals surface area (Å²) in [7, 11) is 3.48. The summed E-state index contributed by atoms with van der Waals surface area (Å²) in [6, 6.07) is 5.47. The number of ether oxygens (including phenoxy) is 2. The number of carbonyl (C=O) groups excluding carboxylic acids is 1. The molecule has 2 rings (SSSR count). The highest BCUT2D eigenvalue weighted by Crippen LogP contribution is 2.26. The number of anilines is 2. The van der Waals surface area contributed by atoms with E-state index < -0.39 is 0 Å². The Morgan fingerprint density at radius 2 is 2.40 bits per heavy atom. The van der Waals surface area contributed by atoms with Crippen LogP contribution in [0.5, 0.6) is 5.75 Å². The quantitative estimate of drug-likeness (QED) is 0.784. The summed E-state index contributed by atoms with van der Waals surface area (Å²) in [5.41, 5.74) is 6.90. The van der Waals surface area contributed by atoms with Crippen molar-refractivity contribution in [1.29, 1.82) is 0 Å². The number of nitrogens with zero attached hydrogens (tertiary/aromatic N) is 1. The molecule has 110 valence electrons. The molecule has 0 saturated carbocycles. The van der Waals surface area contributed by atoms with Crippen LogP contribution >= 0.6 is 0 Å². The minimum atomic E-state index is -0.0942. The molecule has 0 aromatic heterocycles. The molecular weight excluding hydrogens is 258 g/mol. The molecule has 1 saturated heterocycles. The van der Waals surface area contributed by atoms with Crippen molar-refractivity contribution in [1.82, 2.24) is 4.90 Å². The lowest BCUT2D eigenvalue weighted by atomic mass is 10.2. The van der Waals surface area contributed by atoms with Crippen LogP contribution in [-0.2, 0) is 9.53 Å². The van der Waals surface area contributed by atoms with Crippen LogP contribution in [0.2, 0.25) is 0 Å². The smallest absolute Gasteiger partial charge is 0.238 e. The van der Waals surface area contributed by atoms with E-state index in [2.05, 4.69) is 5.32 Å². The third kappa shape index (κ3) is 3.61.